The van der Waals surface area contributed by atoms with Crippen LogP contribution in [-0.4, -0.2) is 39.5 Å². The zero-order chi connectivity index (χ0) is 23.5. The van der Waals surface area contributed by atoms with Crippen molar-refractivity contribution in [2.75, 3.05) is 12.4 Å². The topological polar surface area (TPSA) is 106 Å². The summed E-state index contributed by atoms with van der Waals surface area (Å²) in [6.07, 6.45) is 4.45. The maximum Gasteiger partial charge on any atom is 0.339 e. The van der Waals surface area contributed by atoms with Crippen molar-refractivity contribution in [2.24, 2.45) is 0 Å². The van der Waals surface area contributed by atoms with E-state index in [2.05, 4.69) is 10.3 Å². The Morgan fingerprint density at radius 2 is 1.88 bits per heavy atom. The van der Waals surface area contributed by atoms with Gasteiger partial charge >= 0.3 is 5.97 Å². The summed E-state index contributed by atoms with van der Waals surface area (Å²) in [4.78, 5) is 40.3. The average molecular weight is 449 g/mol. The summed E-state index contributed by atoms with van der Waals surface area (Å²) >= 11 is 0. The lowest BCUT2D eigenvalue weighted by molar-refractivity contribution is -0.115. The number of hydrogen-bond acceptors (Lipinski definition) is 5. The minimum atomic E-state index is -0.586. The zero-order valence-corrected chi connectivity index (χ0v) is 19.1. The number of rotatable bonds is 7. The van der Waals surface area contributed by atoms with Gasteiger partial charge in [-0.3, -0.25) is 9.59 Å². The Kier molecular flexibility index (Phi) is 6.44. The Bertz CT molecular complexity index is 1190. The molecule has 8 nitrogen and oxygen atoms in total. The van der Waals surface area contributed by atoms with Crippen LogP contribution in [0.5, 0.6) is 0 Å². The molecule has 2 aromatic heterocycles. The van der Waals surface area contributed by atoms with Gasteiger partial charge in [0, 0.05) is 24.6 Å². The third-order valence-electron chi connectivity index (χ3n) is 6.18. The highest BCUT2D eigenvalue weighted by molar-refractivity contribution is 6.02. The van der Waals surface area contributed by atoms with Crippen molar-refractivity contribution in [1.82, 2.24) is 14.8 Å². The molecule has 1 aliphatic rings. The number of ketones is 1. The van der Waals surface area contributed by atoms with Gasteiger partial charge in [-0.15, -0.1) is 0 Å². The number of ether oxygens (including phenoxy) is 1. The molecule has 0 atom stereocenters. The largest absolute Gasteiger partial charge is 0.465 e. The number of aromatic amines is 1. The smallest absolute Gasteiger partial charge is 0.339 e. The molecule has 0 saturated heterocycles. The maximum absolute atomic E-state index is 13.0. The van der Waals surface area contributed by atoms with Crippen LogP contribution in [0.15, 0.2) is 36.4 Å². The first-order chi connectivity index (χ1) is 15.9. The molecule has 33 heavy (non-hydrogen) atoms. The van der Waals surface area contributed by atoms with E-state index in [0.717, 1.165) is 24.2 Å². The molecule has 172 valence electrons. The molecule has 0 spiro atoms. The van der Waals surface area contributed by atoms with Crippen molar-refractivity contribution in [1.29, 1.82) is 0 Å². The highest BCUT2D eigenvalue weighted by Crippen LogP contribution is 2.35. The Labute approximate surface area is 192 Å². The van der Waals surface area contributed by atoms with Crippen LogP contribution in [0.3, 0.4) is 0 Å². The molecule has 3 aromatic rings. The second-order valence-corrected chi connectivity index (χ2v) is 8.43. The van der Waals surface area contributed by atoms with E-state index in [0.29, 0.717) is 28.7 Å². The van der Waals surface area contributed by atoms with Crippen LogP contribution in [0.2, 0.25) is 0 Å². The summed E-state index contributed by atoms with van der Waals surface area (Å²) < 4.78 is 6.62. The summed E-state index contributed by atoms with van der Waals surface area (Å²) in [5, 5.41) is 7.75. The quantitative estimate of drug-likeness (QED) is 0.413. The Morgan fingerprint density at radius 1 is 1.18 bits per heavy atom. The molecular weight excluding hydrogens is 420 g/mol. The number of para-hydroxylation sites is 1. The molecule has 1 fully saturated rings. The van der Waals surface area contributed by atoms with E-state index >= 15 is 0 Å². The van der Waals surface area contributed by atoms with E-state index in [1.807, 2.05) is 36.4 Å². The highest BCUT2D eigenvalue weighted by atomic mass is 16.5. The van der Waals surface area contributed by atoms with Crippen LogP contribution in [0, 0.1) is 6.92 Å². The number of nitrogens with zero attached hydrogens (tertiary/aromatic N) is 2. The molecule has 1 aromatic carbocycles. The molecule has 8 heteroatoms. The van der Waals surface area contributed by atoms with Crippen molar-refractivity contribution in [3.8, 4) is 5.69 Å². The molecule has 0 radical (unpaired) electrons. The Balaban J connectivity index is 1.63. The van der Waals surface area contributed by atoms with Gasteiger partial charge in [0.05, 0.1) is 36.2 Å². The van der Waals surface area contributed by atoms with Crippen molar-refractivity contribution in [2.45, 2.75) is 51.9 Å². The summed E-state index contributed by atoms with van der Waals surface area (Å²) in [6.45, 7) is 3.08. The van der Waals surface area contributed by atoms with E-state index in [1.54, 1.807) is 11.6 Å². The zero-order valence-electron chi connectivity index (χ0n) is 19.1. The van der Waals surface area contributed by atoms with E-state index in [-0.39, 0.29) is 23.7 Å². The SMILES string of the molecule is COC(=O)c1c(CC(=O)Nc2cc(C3CCCC3)nn2-c2ccccc2)[nH]c(C(C)=O)c1C. The van der Waals surface area contributed by atoms with Crippen molar-refractivity contribution < 1.29 is 19.1 Å². The van der Waals surface area contributed by atoms with Gasteiger partial charge in [-0.2, -0.15) is 5.10 Å². The number of aromatic nitrogens is 3. The van der Waals surface area contributed by atoms with Gasteiger partial charge in [0.1, 0.15) is 5.82 Å². The van der Waals surface area contributed by atoms with Crippen LogP contribution in [0.25, 0.3) is 5.69 Å². The van der Waals surface area contributed by atoms with Crippen LogP contribution < -0.4 is 5.32 Å². The lowest BCUT2D eigenvalue weighted by Gasteiger charge is -2.09. The van der Waals surface area contributed by atoms with Crippen molar-refractivity contribution in [3.63, 3.8) is 0 Å². The fourth-order valence-electron chi connectivity index (χ4n) is 4.54. The third-order valence-corrected chi connectivity index (χ3v) is 6.18. The molecule has 1 aliphatic carbocycles. The predicted molar refractivity (Wildman–Crippen MR) is 124 cm³/mol. The Morgan fingerprint density at radius 3 is 2.52 bits per heavy atom. The fourth-order valence-corrected chi connectivity index (χ4v) is 4.54. The van der Waals surface area contributed by atoms with Gasteiger partial charge in [0.15, 0.2) is 5.78 Å². The van der Waals surface area contributed by atoms with Crippen LogP contribution >= 0.6 is 0 Å². The molecular formula is C25H28N4O4. The number of methoxy groups -OCH3 is 1. The van der Waals surface area contributed by atoms with Crippen molar-refractivity contribution in [3.05, 3.63) is 64.6 Å². The third kappa shape index (κ3) is 4.60. The number of nitrogens with one attached hydrogen (secondary N) is 2. The van der Waals surface area contributed by atoms with Crippen LogP contribution in [0.4, 0.5) is 5.82 Å². The summed E-state index contributed by atoms with van der Waals surface area (Å²) in [5.74, 6) is -0.167. The Hall–Kier alpha value is -3.68. The maximum atomic E-state index is 13.0. The first-order valence-corrected chi connectivity index (χ1v) is 11.1. The molecule has 0 aliphatic heterocycles. The molecule has 1 saturated carbocycles. The highest BCUT2D eigenvalue weighted by Gasteiger charge is 2.26. The number of H-pyrrole nitrogens is 1. The van der Waals surface area contributed by atoms with Gasteiger partial charge in [-0.05, 0) is 37.5 Å². The van der Waals surface area contributed by atoms with Crippen LogP contribution in [-0.2, 0) is 16.0 Å². The summed E-state index contributed by atoms with van der Waals surface area (Å²) in [6, 6.07) is 11.6. The normalized spacial score (nSPS) is 13.8. The standard InChI is InChI=1S/C25H28N4O4/c1-15-23(25(32)33-3)20(26-24(15)16(2)30)14-22(31)27-21-13-19(17-9-7-8-10-17)28-29(21)18-11-5-4-6-12-18/h4-6,11-13,17,26H,7-10,14H2,1-3H3,(H,27,31). The lowest BCUT2D eigenvalue weighted by atomic mass is 10.0. The summed E-state index contributed by atoms with van der Waals surface area (Å²) in [5.41, 5.74) is 3.18. The molecule has 1 amide bonds. The number of hydrogen-bond donors (Lipinski definition) is 2. The molecule has 2 heterocycles. The number of carbonyl (C=O) groups is 3. The fraction of sp³-hybridized carbons (Fsp3) is 0.360. The summed E-state index contributed by atoms with van der Waals surface area (Å²) in [7, 11) is 1.27. The van der Waals surface area contributed by atoms with E-state index in [9.17, 15) is 14.4 Å². The van der Waals surface area contributed by atoms with Gasteiger partial charge in [-0.25, -0.2) is 9.48 Å². The number of amides is 1. The molecule has 0 bridgehead atoms. The number of carbonyl (C=O) groups excluding carboxylic acids is 3. The van der Waals surface area contributed by atoms with Gasteiger partial charge < -0.3 is 15.0 Å². The van der Waals surface area contributed by atoms with Gasteiger partial charge in [0.25, 0.3) is 0 Å². The second kappa shape index (κ2) is 9.44. The van der Waals surface area contributed by atoms with E-state index < -0.39 is 5.97 Å². The molecule has 0 unspecified atom stereocenters. The minimum absolute atomic E-state index is 0.114. The average Bonchev–Trinajstić information content (AvgIpc) is 3.53. The minimum Gasteiger partial charge on any atom is -0.465 e. The first kappa shape index (κ1) is 22.5. The van der Waals surface area contributed by atoms with Crippen LogP contribution in [0.1, 0.15) is 76.3 Å². The number of benzene rings is 1. The van der Waals surface area contributed by atoms with Gasteiger partial charge in [0.2, 0.25) is 5.91 Å². The number of Topliss-reactive ketones (excluding diaryl/α,β-unsaturated/α-hetero) is 1. The lowest BCUT2D eigenvalue weighted by Crippen LogP contribution is -2.19. The predicted octanol–water partition coefficient (Wildman–Crippen LogP) is 4.34. The molecule has 4 rings (SSSR count). The monoisotopic (exact) mass is 448 g/mol. The second-order valence-electron chi connectivity index (χ2n) is 8.43. The first-order valence-electron chi connectivity index (χ1n) is 11.1. The van der Waals surface area contributed by atoms with E-state index in [1.165, 1.54) is 26.9 Å². The number of esters is 1. The van der Waals surface area contributed by atoms with E-state index in [4.69, 9.17) is 9.84 Å². The van der Waals surface area contributed by atoms with Crippen molar-refractivity contribution >= 4 is 23.5 Å². The van der Waals surface area contributed by atoms with Gasteiger partial charge in [-0.1, -0.05) is 31.0 Å². The number of anilines is 1. The molecule has 2 N–H and O–H groups in total.